The molecule has 1 amide bonds. The van der Waals surface area contributed by atoms with Crippen LogP contribution in [0.3, 0.4) is 0 Å². The molecule has 1 heterocycles. The zero-order chi connectivity index (χ0) is 12.3. The number of carbonyl (C=O) groups excluding carboxylic acids is 2. The molecule has 1 aromatic carbocycles. The SMILES string of the molecule is CCCNCCN1C(=O)C(=O)c2ccccc21. The molecule has 4 heteroatoms. The predicted molar refractivity (Wildman–Crippen MR) is 66.3 cm³/mol. The van der Waals surface area contributed by atoms with E-state index >= 15 is 0 Å². The Morgan fingerprint density at radius 3 is 2.71 bits per heavy atom. The molecule has 4 nitrogen and oxygen atoms in total. The quantitative estimate of drug-likeness (QED) is 0.613. The Balaban J connectivity index is 2.08. The maximum Gasteiger partial charge on any atom is 0.299 e. The van der Waals surface area contributed by atoms with Crippen molar-refractivity contribution >= 4 is 17.4 Å². The van der Waals surface area contributed by atoms with Crippen LogP contribution in [0.25, 0.3) is 0 Å². The fraction of sp³-hybridized carbons (Fsp3) is 0.385. The van der Waals surface area contributed by atoms with Crippen LogP contribution in [0, 0.1) is 0 Å². The van der Waals surface area contributed by atoms with Gasteiger partial charge in [-0.1, -0.05) is 19.1 Å². The number of ketones is 1. The lowest BCUT2D eigenvalue weighted by molar-refractivity contribution is -0.114. The molecular weight excluding hydrogens is 216 g/mol. The first-order valence-electron chi connectivity index (χ1n) is 5.91. The molecule has 0 radical (unpaired) electrons. The first-order chi connectivity index (χ1) is 8.25. The Bertz CT molecular complexity index is 443. The molecule has 0 spiro atoms. The fourth-order valence-electron chi connectivity index (χ4n) is 1.96. The third kappa shape index (κ3) is 2.22. The van der Waals surface area contributed by atoms with Crippen molar-refractivity contribution < 1.29 is 9.59 Å². The van der Waals surface area contributed by atoms with Crippen LogP contribution in [0.2, 0.25) is 0 Å². The molecule has 1 aliphatic rings. The number of benzene rings is 1. The molecule has 1 aromatic rings. The van der Waals surface area contributed by atoms with Crippen molar-refractivity contribution in [2.75, 3.05) is 24.5 Å². The highest BCUT2D eigenvalue weighted by Crippen LogP contribution is 2.27. The van der Waals surface area contributed by atoms with E-state index in [1.54, 1.807) is 17.0 Å². The van der Waals surface area contributed by atoms with Crippen molar-refractivity contribution in [1.29, 1.82) is 0 Å². The number of para-hydroxylation sites is 1. The van der Waals surface area contributed by atoms with Gasteiger partial charge >= 0.3 is 0 Å². The number of amides is 1. The molecule has 0 aromatic heterocycles. The maximum atomic E-state index is 11.8. The second kappa shape index (κ2) is 5.10. The molecule has 17 heavy (non-hydrogen) atoms. The first-order valence-corrected chi connectivity index (χ1v) is 5.91. The highest BCUT2D eigenvalue weighted by molar-refractivity contribution is 6.52. The molecule has 0 bridgehead atoms. The number of hydrogen-bond donors (Lipinski definition) is 1. The van der Waals surface area contributed by atoms with Gasteiger partial charge in [-0.05, 0) is 25.1 Å². The lowest BCUT2D eigenvalue weighted by Gasteiger charge is -2.16. The highest BCUT2D eigenvalue weighted by atomic mass is 16.2. The van der Waals surface area contributed by atoms with Gasteiger partial charge in [-0.25, -0.2) is 0 Å². The van der Waals surface area contributed by atoms with Gasteiger partial charge in [-0.3, -0.25) is 9.59 Å². The average Bonchev–Trinajstić information content (AvgIpc) is 2.60. The van der Waals surface area contributed by atoms with Crippen LogP contribution in [-0.2, 0) is 4.79 Å². The largest absolute Gasteiger partial charge is 0.315 e. The zero-order valence-electron chi connectivity index (χ0n) is 9.90. The molecule has 0 fully saturated rings. The molecule has 1 aliphatic heterocycles. The van der Waals surface area contributed by atoms with E-state index in [1.165, 1.54) is 0 Å². The Kier molecular flexibility index (Phi) is 3.54. The number of nitrogens with zero attached hydrogens (tertiary/aromatic N) is 1. The summed E-state index contributed by atoms with van der Waals surface area (Å²) in [5.41, 5.74) is 1.26. The van der Waals surface area contributed by atoms with Crippen LogP contribution in [0.1, 0.15) is 23.7 Å². The second-order valence-corrected chi connectivity index (χ2v) is 4.05. The third-order valence-corrected chi connectivity index (χ3v) is 2.82. The Morgan fingerprint density at radius 1 is 1.18 bits per heavy atom. The lowest BCUT2D eigenvalue weighted by atomic mass is 10.1. The standard InChI is InChI=1S/C13H16N2O2/c1-2-7-14-8-9-15-11-6-4-3-5-10(11)12(16)13(15)17/h3-6,14H,2,7-9H2,1H3. The van der Waals surface area contributed by atoms with E-state index in [0.29, 0.717) is 18.7 Å². The van der Waals surface area contributed by atoms with Crippen LogP contribution in [0.4, 0.5) is 5.69 Å². The molecule has 2 rings (SSSR count). The zero-order valence-corrected chi connectivity index (χ0v) is 9.90. The molecule has 0 saturated heterocycles. The summed E-state index contributed by atoms with van der Waals surface area (Å²) in [6.07, 6.45) is 1.06. The van der Waals surface area contributed by atoms with E-state index in [2.05, 4.69) is 12.2 Å². The molecule has 1 N–H and O–H groups in total. The minimum absolute atomic E-state index is 0.393. The number of hydrogen-bond acceptors (Lipinski definition) is 3. The molecule has 0 aliphatic carbocycles. The fourth-order valence-corrected chi connectivity index (χ4v) is 1.96. The van der Waals surface area contributed by atoms with Crippen molar-refractivity contribution in [2.45, 2.75) is 13.3 Å². The van der Waals surface area contributed by atoms with Crippen LogP contribution in [-0.4, -0.2) is 31.3 Å². The van der Waals surface area contributed by atoms with Gasteiger partial charge in [0, 0.05) is 13.1 Å². The summed E-state index contributed by atoms with van der Waals surface area (Å²) in [6, 6.07) is 7.15. The van der Waals surface area contributed by atoms with Gasteiger partial charge in [0.2, 0.25) is 0 Å². The smallest absolute Gasteiger partial charge is 0.299 e. The van der Waals surface area contributed by atoms with Crippen molar-refractivity contribution in [2.24, 2.45) is 0 Å². The van der Waals surface area contributed by atoms with Crippen LogP contribution in [0.5, 0.6) is 0 Å². The third-order valence-electron chi connectivity index (χ3n) is 2.82. The monoisotopic (exact) mass is 232 g/mol. The maximum absolute atomic E-state index is 11.8. The van der Waals surface area contributed by atoms with Gasteiger partial charge in [0.25, 0.3) is 11.7 Å². The first kappa shape index (κ1) is 11.8. The summed E-state index contributed by atoms with van der Waals surface area (Å²) in [5.74, 6) is -0.805. The number of anilines is 1. The lowest BCUT2D eigenvalue weighted by Crippen LogP contribution is -2.36. The van der Waals surface area contributed by atoms with E-state index in [-0.39, 0.29) is 0 Å². The summed E-state index contributed by atoms with van der Waals surface area (Å²) < 4.78 is 0. The Labute approximate surface area is 101 Å². The summed E-state index contributed by atoms with van der Waals surface area (Å²) in [5, 5.41) is 3.22. The van der Waals surface area contributed by atoms with Crippen LogP contribution < -0.4 is 10.2 Å². The highest BCUT2D eigenvalue weighted by Gasteiger charge is 2.34. The Hall–Kier alpha value is -1.68. The van der Waals surface area contributed by atoms with Gasteiger partial charge in [0.1, 0.15) is 0 Å². The van der Waals surface area contributed by atoms with Gasteiger partial charge in [-0.2, -0.15) is 0 Å². The van der Waals surface area contributed by atoms with Crippen LogP contribution >= 0.6 is 0 Å². The van der Waals surface area contributed by atoms with Crippen molar-refractivity contribution in [3.05, 3.63) is 29.8 Å². The summed E-state index contributed by atoms with van der Waals surface area (Å²) in [7, 11) is 0. The van der Waals surface area contributed by atoms with Gasteiger partial charge in [-0.15, -0.1) is 0 Å². The average molecular weight is 232 g/mol. The predicted octanol–water partition coefficient (Wildman–Crippen LogP) is 1.22. The molecule has 0 atom stereocenters. The van der Waals surface area contributed by atoms with E-state index in [9.17, 15) is 9.59 Å². The summed E-state index contributed by atoms with van der Waals surface area (Å²) in [4.78, 5) is 25.0. The van der Waals surface area contributed by atoms with Crippen molar-refractivity contribution in [3.63, 3.8) is 0 Å². The van der Waals surface area contributed by atoms with E-state index in [1.807, 2.05) is 12.1 Å². The van der Waals surface area contributed by atoms with Gasteiger partial charge in [0.15, 0.2) is 0 Å². The number of carbonyl (C=O) groups is 2. The topological polar surface area (TPSA) is 49.4 Å². The van der Waals surface area contributed by atoms with E-state index in [4.69, 9.17) is 0 Å². The number of rotatable bonds is 5. The molecule has 90 valence electrons. The molecule has 0 unspecified atom stereocenters. The minimum Gasteiger partial charge on any atom is -0.315 e. The summed E-state index contributed by atoms with van der Waals surface area (Å²) >= 11 is 0. The second-order valence-electron chi connectivity index (χ2n) is 4.05. The van der Waals surface area contributed by atoms with Crippen LogP contribution in [0.15, 0.2) is 24.3 Å². The van der Waals surface area contributed by atoms with Crippen molar-refractivity contribution in [3.8, 4) is 0 Å². The number of Topliss-reactive ketones (excluding diaryl/α,β-unsaturated/α-hetero) is 1. The normalized spacial score (nSPS) is 14.3. The minimum atomic E-state index is -0.413. The van der Waals surface area contributed by atoms with E-state index < -0.39 is 11.7 Å². The summed E-state index contributed by atoms with van der Waals surface area (Å²) in [6.45, 7) is 4.27. The molecule has 0 saturated carbocycles. The Morgan fingerprint density at radius 2 is 1.94 bits per heavy atom. The van der Waals surface area contributed by atoms with Crippen molar-refractivity contribution in [1.82, 2.24) is 5.32 Å². The molecular formula is C13H16N2O2. The van der Waals surface area contributed by atoms with E-state index in [0.717, 1.165) is 18.7 Å². The number of fused-ring (bicyclic) bond motifs is 1. The van der Waals surface area contributed by atoms with Gasteiger partial charge in [0.05, 0.1) is 11.3 Å². The van der Waals surface area contributed by atoms with Gasteiger partial charge < -0.3 is 10.2 Å². The number of nitrogens with one attached hydrogen (secondary N) is 1.